The monoisotopic (exact) mass is 484 g/mol. The third-order valence-electron chi connectivity index (χ3n) is 7.42. The number of ether oxygens (including phenoxy) is 1. The lowest BCUT2D eigenvalue weighted by Crippen LogP contribution is -2.51. The fraction of sp³-hybridized carbons (Fsp3) is 0.519. The van der Waals surface area contributed by atoms with Gasteiger partial charge in [0.15, 0.2) is 0 Å². The van der Waals surface area contributed by atoms with E-state index in [1.165, 1.54) is 42.0 Å². The average molecular weight is 485 g/mol. The molecule has 2 aromatic carbocycles. The number of sulfonamides is 1. The maximum atomic E-state index is 13.4. The molecule has 1 saturated heterocycles. The molecule has 1 saturated carbocycles. The molecule has 0 bridgehead atoms. The minimum absolute atomic E-state index is 0.115. The number of carbonyl (C=O) groups is 1. The Morgan fingerprint density at radius 1 is 1.03 bits per heavy atom. The van der Waals surface area contributed by atoms with Crippen LogP contribution in [0.5, 0.6) is 5.75 Å². The quantitative estimate of drug-likeness (QED) is 0.610. The minimum Gasteiger partial charge on any atom is -0.497 e. The molecule has 1 amide bonds. The summed E-state index contributed by atoms with van der Waals surface area (Å²) in [6.07, 6.45) is 7.48. The highest BCUT2D eigenvalue weighted by Crippen LogP contribution is 2.35. The second-order valence-corrected chi connectivity index (χ2v) is 11.9. The van der Waals surface area contributed by atoms with Gasteiger partial charge >= 0.3 is 0 Å². The van der Waals surface area contributed by atoms with Crippen LogP contribution in [-0.2, 0) is 21.4 Å². The van der Waals surface area contributed by atoms with Crippen molar-refractivity contribution in [3.05, 3.63) is 59.7 Å². The van der Waals surface area contributed by atoms with Gasteiger partial charge in [-0.15, -0.1) is 0 Å². The highest BCUT2D eigenvalue weighted by molar-refractivity contribution is 7.89. The van der Waals surface area contributed by atoms with Gasteiger partial charge < -0.3 is 10.1 Å². The summed E-state index contributed by atoms with van der Waals surface area (Å²) in [5.74, 6) is 1.19. The van der Waals surface area contributed by atoms with Gasteiger partial charge in [-0.1, -0.05) is 43.5 Å². The number of benzene rings is 2. The van der Waals surface area contributed by atoms with Gasteiger partial charge in [0.05, 0.1) is 17.4 Å². The van der Waals surface area contributed by atoms with Gasteiger partial charge in [-0.2, -0.15) is 4.31 Å². The van der Waals surface area contributed by atoms with E-state index in [1.54, 1.807) is 19.2 Å². The molecule has 6 nitrogen and oxygen atoms in total. The van der Waals surface area contributed by atoms with Crippen LogP contribution < -0.4 is 10.1 Å². The number of nitrogens with zero attached hydrogens (tertiary/aromatic N) is 1. The number of methoxy groups -OCH3 is 1. The van der Waals surface area contributed by atoms with E-state index in [0.717, 1.165) is 11.3 Å². The van der Waals surface area contributed by atoms with E-state index in [9.17, 15) is 13.2 Å². The summed E-state index contributed by atoms with van der Waals surface area (Å²) < 4.78 is 33.5. The van der Waals surface area contributed by atoms with Gasteiger partial charge in [0.1, 0.15) is 5.75 Å². The summed E-state index contributed by atoms with van der Waals surface area (Å²) in [5.41, 5.74) is 1.44. The van der Waals surface area contributed by atoms with Crippen molar-refractivity contribution >= 4 is 15.9 Å². The van der Waals surface area contributed by atoms with Crippen LogP contribution >= 0.6 is 0 Å². The highest BCUT2D eigenvalue weighted by atomic mass is 32.2. The average Bonchev–Trinajstić information content (AvgIpc) is 2.88. The van der Waals surface area contributed by atoms with Crippen molar-refractivity contribution < 1.29 is 17.9 Å². The Kier molecular flexibility index (Phi) is 7.63. The molecule has 2 aliphatic rings. The smallest absolute Gasteiger partial charge is 0.243 e. The molecule has 1 aliphatic heterocycles. The molecule has 1 aliphatic carbocycles. The van der Waals surface area contributed by atoms with Crippen LogP contribution in [0.3, 0.4) is 0 Å². The maximum Gasteiger partial charge on any atom is 0.243 e. The lowest BCUT2D eigenvalue weighted by molar-refractivity contribution is -0.132. The molecule has 34 heavy (non-hydrogen) atoms. The number of nitrogens with one attached hydrogen (secondary N) is 1. The number of amides is 1. The number of rotatable bonds is 7. The van der Waals surface area contributed by atoms with Crippen molar-refractivity contribution in [2.75, 3.05) is 20.2 Å². The van der Waals surface area contributed by atoms with Gasteiger partial charge in [-0.3, -0.25) is 4.79 Å². The van der Waals surface area contributed by atoms with Gasteiger partial charge in [-0.25, -0.2) is 8.42 Å². The van der Waals surface area contributed by atoms with E-state index in [1.807, 2.05) is 43.3 Å². The zero-order valence-corrected chi connectivity index (χ0v) is 21.1. The normalized spacial score (nSPS) is 22.3. The lowest BCUT2D eigenvalue weighted by atomic mass is 9.82. The Labute approximate surface area is 203 Å². The summed E-state index contributed by atoms with van der Waals surface area (Å²) >= 11 is 0. The van der Waals surface area contributed by atoms with Crippen molar-refractivity contribution in [2.24, 2.45) is 5.41 Å². The Morgan fingerprint density at radius 3 is 2.35 bits per heavy atom. The lowest BCUT2D eigenvalue weighted by Gasteiger charge is -2.38. The fourth-order valence-corrected chi connectivity index (χ4v) is 6.82. The standard InChI is InChI=1S/C27H36N2O4S/c1-27(26(30)28-19-21-9-13-24(33-2)14-10-21)17-6-18-29(20-27)34(31,32)25-15-11-23(12-16-25)22-7-4-3-5-8-22/h9-16,22H,3-8,17-20H2,1-2H3,(H,28,30). The zero-order chi connectivity index (χ0) is 24.2. The van der Waals surface area contributed by atoms with E-state index in [2.05, 4.69) is 5.32 Å². The van der Waals surface area contributed by atoms with Crippen molar-refractivity contribution in [3.8, 4) is 5.75 Å². The van der Waals surface area contributed by atoms with Crippen LogP contribution in [0.1, 0.15) is 68.9 Å². The molecule has 0 aromatic heterocycles. The Morgan fingerprint density at radius 2 is 1.71 bits per heavy atom. The first-order chi connectivity index (χ1) is 16.3. The first kappa shape index (κ1) is 24.7. The van der Waals surface area contributed by atoms with E-state index in [0.29, 0.717) is 36.7 Å². The summed E-state index contributed by atoms with van der Waals surface area (Å²) in [6, 6.07) is 15.0. The number of hydrogen-bond acceptors (Lipinski definition) is 4. The van der Waals surface area contributed by atoms with Crippen LogP contribution in [0.2, 0.25) is 0 Å². The van der Waals surface area contributed by atoms with Crippen molar-refractivity contribution in [2.45, 2.75) is 69.2 Å². The van der Waals surface area contributed by atoms with Crippen LogP contribution in [0, 0.1) is 5.41 Å². The molecule has 2 aromatic rings. The topological polar surface area (TPSA) is 75.7 Å². The van der Waals surface area contributed by atoms with Gasteiger partial charge in [0.25, 0.3) is 0 Å². The Balaban J connectivity index is 1.41. The van der Waals surface area contributed by atoms with Crippen LogP contribution in [-0.4, -0.2) is 38.8 Å². The molecular weight excluding hydrogens is 448 g/mol. The van der Waals surface area contributed by atoms with Crippen LogP contribution in [0.4, 0.5) is 0 Å². The predicted octanol–water partition coefficient (Wildman–Crippen LogP) is 4.85. The van der Waals surface area contributed by atoms with Gasteiger partial charge in [0, 0.05) is 19.6 Å². The third kappa shape index (κ3) is 5.47. The number of piperidine rings is 1. The first-order valence-corrected chi connectivity index (χ1v) is 13.8. The molecule has 1 unspecified atom stereocenters. The highest BCUT2D eigenvalue weighted by Gasteiger charge is 2.41. The van der Waals surface area contributed by atoms with Crippen molar-refractivity contribution in [3.63, 3.8) is 0 Å². The number of carbonyl (C=O) groups excluding carboxylic acids is 1. The van der Waals surface area contributed by atoms with Gasteiger partial charge in [0.2, 0.25) is 15.9 Å². The van der Waals surface area contributed by atoms with Crippen molar-refractivity contribution in [1.29, 1.82) is 0 Å². The second-order valence-electron chi connectivity index (χ2n) is 9.94. The SMILES string of the molecule is COc1ccc(CNC(=O)C2(C)CCCN(S(=O)(=O)c3ccc(C4CCCCC4)cc3)C2)cc1. The summed E-state index contributed by atoms with van der Waals surface area (Å²) in [6.45, 7) is 2.89. The zero-order valence-electron chi connectivity index (χ0n) is 20.3. The Hall–Kier alpha value is -2.38. The van der Waals surface area contributed by atoms with E-state index in [-0.39, 0.29) is 12.5 Å². The predicted molar refractivity (Wildman–Crippen MR) is 133 cm³/mol. The Bertz CT molecular complexity index is 1080. The molecule has 4 rings (SSSR count). The fourth-order valence-electron chi connectivity index (χ4n) is 5.22. The molecule has 2 fully saturated rings. The minimum atomic E-state index is -3.65. The van der Waals surface area contributed by atoms with E-state index >= 15 is 0 Å². The molecule has 184 valence electrons. The van der Waals surface area contributed by atoms with Gasteiger partial charge in [-0.05, 0) is 73.9 Å². The maximum absolute atomic E-state index is 13.4. The van der Waals surface area contributed by atoms with Crippen LogP contribution in [0.25, 0.3) is 0 Å². The largest absolute Gasteiger partial charge is 0.497 e. The van der Waals surface area contributed by atoms with Crippen LogP contribution in [0.15, 0.2) is 53.4 Å². The molecule has 1 N–H and O–H groups in total. The molecule has 1 atom stereocenters. The van der Waals surface area contributed by atoms with E-state index < -0.39 is 15.4 Å². The summed E-state index contributed by atoms with van der Waals surface area (Å²) in [4.78, 5) is 13.4. The number of hydrogen-bond donors (Lipinski definition) is 1. The third-order valence-corrected chi connectivity index (χ3v) is 9.28. The second kappa shape index (κ2) is 10.5. The molecule has 0 radical (unpaired) electrons. The molecular formula is C27H36N2O4S. The molecule has 7 heteroatoms. The summed E-state index contributed by atoms with van der Waals surface area (Å²) in [7, 11) is -2.03. The first-order valence-electron chi connectivity index (χ1n) is 12.3. The van der Waals surface area contributed by atoms with Crippen molar-refractivity contribution in [1.82, 2.24) is 9.62 Å². The molecule has 0 spiro atoms. The molecule has 1 heterocycles. The summed E-state index contributed by atoms with van der Waals surface area (Å²) in [5, 5.41) is 3.00. The van der Waals surface area contributed by atoms with E-state index in [4.69, 9.17) is 4.74 Å².